The maximum absolute atomic E-state index is 13.1. The quantitative estimate of drug-likeness (QED) is 0.413. The lowest BCUT2D eigenvalue weighted by molar-refractivity contribution is -0.135. The van der Waals surface area contributed by atoms with E-state index in [2.05, 4.69) is 4.74 Å². The van der Waals surface area contributed by atoms with Gasteiger partial charge in [-0.25, -0.2) is 14.5 Å². The van der Waals surface area contributed by atoms with Crippen LogP contribution in [-0.4, -0.2) is 25.0 Å². The molecule has 3 amide bonds. The van der Waals surface area contributed by atoms with Crippen molar-refractivity contribution in [2.45, 2.75) is 13.8 Å². The molecule has 0 bridgehead atoms. The Morgan fingerprint density at radius 3 is 1.89 bits per heavy atom. The lowest BCUT2D eigenvalue weighted by Crippen LogP contribution is -2.33. The third-order valence-electron chi connectivity index (χ3n) is 4.33. The first kappa shape index (κ1) is 19.9. The van der Waals surface area contributed by atoms with Gasteiger partial charge in [-0.1, -0.05) is 35.3 Å². The minimum atomic E-state index is -0.761. The number of aryl methyl sites for hydroxylation is 2. The van der Waals surface area contributed by atoms with Crippen molar-refractivity contribution in [3.63, 3.8) is 0 Å². The molecule has 28 heavy (non-hydrogen) atoms. The summed E-state index contributed by atoms with van der Waals surface area (Å²) in [5.41, 5.74) is 2.11. The first-order valence-corrected chi connectivity index (χ1v) is 9.00. The van der Waals surface area contributed by atoms with Crippen LogP contribution < -0.4 is 9.80 Å². The fraction of sp³-hybridized carbons (Fsp3) is 0.150. The van der Waals surface area contributed by atoms with Crippen LogP contribution in [0.15, 0.2) is 48.2 Å². The third-order valence-corrected chi connectivity index (χ3v) is 5.14. The second-order valence-electron chi connectivity index (χ2n) is 6.18. The molecule has 1 aliphatic heterocycles. The number of hydrogen-bond acceptors (Lipinski definition) is 4. The molecular weight excluding hydrogens is 403 g/mol. The molecule has 0 aliphatic carbocycles. The van der Waals surface area contributed by atoms with E-state index < -0.39 is 17.9 Å². The van der Waals surface area contributed by atoms with Gasteiger partial charge in [0.05, 0.1) is 24.6 Å². The Morgan fingerprint density at radius 2 is 1.43 bits per heavy atom. The molecule has 1 aliphatic rings. The van der Waals surface area contributed by atoms with E-state index >= 15 is 0 Å². The van der Waals surface area contributed by atoms with Crippen molar-refractivity contribution in [2.75, 3.05) is 16.9 Å². The third kappa shape index (κ3) is 3.48. The molecule has 0 N–H and O–H groups in total. The Labute approximate surface area is 171 Å². The maximum atomic E-state index is 13.1. The van der Waals surface area contributed by atoms with Crippen LogP contribution in [0.5, 0.6) is 0 Å². The van der Waals surface area contributed by atoms with Crippen LogP contribution in [0.1, 0.15) is 11.1 Å². The number of imide groups is 1. The van der Waals surface area contributed by atoms with Crippen LogP contribution in [-0.2, 0) is 14.3 Å². The van der Waals surface area contributed by atoms with E-state index in [-0.39, 0.29) is 5.70 Å². The van der Waals surface area contributed by atoms with Crippen LogP contribution in [0.4, 0.5) is 16.2 Å². The van der Waals surface area contributed by atoms with Crippen molar-refractivity contribution in [2.24, 2.45) is 0 Å². The molecule has 0 atom stereocenters. The summed E-state index contributed by atoms with van der Waals surface area (Å²) in [6.45, 7) is 3.62. The largest absolute Gasteiger partial charge is 0.466 e. The van der Waals surface area contributed by atoms with Crippen molar-refractivity contribution in [3.05, 3.63) is 69.3 Å². The van der Waals surface area contributed by atoms with Gasteiger partial charge >= 0.3 is 12.0 Å². The summed E-state index contributed by atoms with van der Waals surface area (Å²) in [5, 5.41) is 0.834. The van der Waals surface area contributed by atoms with Gasteiger partial charge in [0.1, 0.15) is 5.70 Å². The summed E-state index contributed by atoms with van der Waals surface area (Å²) in [6.07, 6.45) is 0.976. The molecular formula is C20H16Cl2N2O4. The topological polar surface area (TPSA) is 66.9 Å². The lowest BCUT2D eigenvalue weighted by Gasteiger charge is -2.18. The minimum absolute atomic E-state index is 0.145. The van der Waals surface area contributed by atoms with Gasteiger partial charge in [-0.3, -0.25) is 9.69 Å². The molecule has 2 aromatic carbocycles. The minimum Gasteiger partial charge on any atom is -0.466 e. The van der Waals surface area contributed by atoms with E-state index in [0.29, 0.717) is 21.4 Å². The number of anilines is 2. The van der Waals surface area contributed by atoms with Gasteiger partial charge in [-0.05, 0) is 49.2 Å². The van der Waals surface area contributed by atoms with Crippen molar-refractivity contribution in [1.29, 1.82) is 0 Å². The molecule has 0 radical (unpaired) electrons. The average molecular weight is 419 g/mol. The number of esters is 1. The van der Waals surface area contributed by atoms with Crippen LogP contribution in [0.25, 0.3) is 0 Å². The smallest absolute Gasteiger partial charge is 0.340 e. The van der Waals surface area contributed by atoms with E-state index in [9.17, 15) is 14.4 Å². The number of methoxy groups -OCH3 is 1. The highest BCUT2D eigenvalue weighted by Gasteiger charge is 2.43. The summed E-state index contributed by atoms with van der Waals surface area (Å²) in [4.78, 5) is 40.0. The highest BCUT2D eigenvalue weighted by molar-refractivity contribution is 6.36. The van der Waals surface area contributed by atoms with Gasteiger partial charge in [0, 0.05) is 10.0 Å². The molecule has 2 aromatic rings. The SMILES string of the molecule is COC(=O)/C=C1/C(=O)N(c2ccc(C)c(Cl)c2)C(=O)N1c1ccc(C)c(Cl)c1. The summed E-state index contributed by atoms with van der Waals surface area (Å²) in [5.74, 6) is -1.44. The van der Waals surface area contributed by atoms with E-state index in [4.69, 9.17) is 23.2 Å². The number of hydrogen-bond donors (Lipinski definition) is 0. The van der Waals surface area contributed by atoms with E-state index in [1.165, 1.54) is 13.2 Å². The molecule has 1 saturated heterocycles. The number of nitrogens with zero attached hydrogens (tertiary/aromatic N) is 2. The zero-order valence-corrected chi connectivity index (χ0v) is 16.8. The summed E-state index contributed by atoms with van der Waals surface area (Å²) >= 11 is 12.3. The van der Waals surface area contributed by atoms with Crippen molar-refractivity contribution in [3.8, 4) is 0 Å². The molecule has 3 rings (SSSR count). The summed E-state index contributed by atoms with van der Waals surface area (Å²) in [7, 11) is 1.19. The van der Waals surface area contributed by atoms with Crippen molar-refractivity contribution in [1.82, 2.24) is 0 Å². The molecule has 0 saturated carbocycles. The molecule has 144 valence electrons. The predicted molar refractivity (Wildman–Crippen MR) is 108 cm³/mol. The Bertz CT molecular complexity index is 1030. The number of amides is 3. The first-order chi connectivity index (χ1) is 13.2. The highest BCUT2D eigenvalue weighted by Crippen LogP contribution is 2.35. The molecule has 1 fully saturated rings. The molecule has 8 heteroatoms. The van der Waals surface area contributed by atoms with Crippen molar-refractivity contribution < 1.29 is 19.1 Å². The Balaban J connectivity index is 2.15. The maximum Gasteiger partial charge on any atom is 0.340 e. The Kier molecular flexibility index (Phi) is 5.45. The number of rotatable bonds is 3. The Morgan fingerprint density at radius 1 is 0.929 bits per heavy atom. The Hall–Kier alpha value is -2.83. The number of halogens is 2. The van der Waals surface area contributed by atoms with E-state index in [1.54, 1.807) is 30.3 Å². The van der Waals surface area contributed by atoms with Gasteiger partial charge in [0.15, 0.2) is 0 Å². The van der Waals surface area contributed by atoms with E-state index in [1.807, 2.05) is 13.8 Å². The molecule has 0 spiro atoms. The molecule has 0 aromatic heterocycles. The number of benzene rings is 2. The predicted octanol–water partition coefficient (Wildman–Crippen LogP) is 4.64. The number of carbonyl (C=O) groups is 3. The standard InChI is InChI=1S/C20H16Cl2N2O4/c1-11-4-6-13(8-15(11)21)23-17(10-18(25)28-3)19(26)24(20(23)27)14-7-5-12(2)16(22)9-14/h4-10H,1-3H3/b17-10-. The molecule has 0 unspecified atom stereocenters. The fourth-order valence-electron chi connectivity index (χ4n) is 2.72. The average Bonchev–Trinajstić information content (AvgIpc) is 2.90. The van der Waals surface area contributed by atoms with Crippen LogP contribution in [0.2, 0.25) is 10.0 Å². The number of carbonyl (C=O) groups excluding carboxylic acids is 3. The summed E-state index contributed by atoms with van der Waals surface area (Å²) in [6, 6.07) is 9.10. The zero-order chi connectivity index (χ0) is 20.6. The fourth-order valence-corrected chi connectivity index (χ4v) is 3.07. The van der Waals surface area contributed by atoms with Crippen molar-refractivity contribution >= 4 is 52.5 Å². The van der Waals surface area contributed by atoms with Crippen LogP contribution in [0, 0.1) is 13.8 Å². The first-order valence-electron chi connectivity index (χ1n) is 8.25. The molecule has 1 heterocycles. The van der Waals surface area contributed by atoms with Gasteiger partial charge in [0.25, 0.3) is 5.91 Å². The zero-order valence-electron chi connectivity index (χ0n) is 15.3. The second-order valence-corrected chi connectivity index (χ2v) is 6.99. The normalized spacial score (nSPS) is 15.5. The van der Waals surface area contributed by atoms with Gasteiger partial charge < -0.3 is 4.74 Å². The lowest BCUT2D eigenvalue weighted by atomic mass is 10.2. The van der Waals surface area contributed by atoms with Crippen LogP contribution >= 0.6 is 23.2 Å². The van der Waals surface area contributed by atoms with Crippen LogP contribution in [0.3, 0.4) is 0 Å². The number of urea groups is 1. The number of ether oxygens (including phenoxy) is 1. The van der Waals surface area contributed by atoms with Gasteiger partial charge in [0.2, 0.25) is 0 Å². The summed E-state index contributed by atoms with van der Waals surface area (Å²) < 4.78 is 4.63. The highest BCUT2D eigenvalue weighted by atomic mass is 35.5. The van der Waals surface area contributed by atoms with Gasteiger partial charge in [-0.15, -0.1) is 0 Å². The van der Waals surface area contributed by atoms with E-state index in [0.717, 1.165) is 27.0 Å². The monoisotopic (exact) mass is 418 g/mol. The second kappa shape index (κ2) is 7.66. The molecule has 6 nitrogen and oxygen atoms in total. The van der Waals surface area contributed by atoms with Gasteiger partial charge in [-0.2, -0.15) is 0 Å².